The summed E-state index contributed by atoms with van der Waals surface area (Å²) in [5, 5.41) is 3.13. The maximum atomic E-state index is 11.4. The van der Waals surface area contributed by atoms with E-state index in [2.05, 4.69) is 5.32 Å². The van der Waals surface area contributed by atoms with Gasteiger partial charge in [0.15, 0.2) is 5.78 Å². The molecule has 1 N–H and O–H groups in total. The Morgan fingerprint density at radius 2 is 1.75 bits per heavy atom. The summed E-state index contributed by atoms with van der Waals surface area (Å²) >= 11 is 0. The summed E-state index contributed by atoms with van der Waals surface area (Å²) in [7, 11) is 1.55. The van der Waals surface area contributed by atoms with Gasteiger partial charge in [0.25, 0.3) is 0 Å². The molecule has 0 aliphatic heterocycles. The van der Waals surface area contributed by atoms with Crippen LogP contribution in [0.4, 0.5) is 0 Å². The van der Waals surface area contributed by atoms with Crippen molar-refractivity contribution in [2.75, 3.05) is 7.11 Å². The number of ketones is 1. The molecular formula is C9H19NO2. The third-order valence-corrected chi connectivity index (χ3v) is 1.76. The Labute approximate surface area is 74.5 Å². The van der Waals surface area contributed by atoms with Gasteiger partial charge in [0.05, 0.1) is 6.04 Å². The Morgan fingerprint density at radius 3 is 2.08 bits per heavy atom. The van der Waals surface area contributed by atoms with Crippen molar-refractivity contribution >= 4 is 5.78 Å². The van der Waals surface area contributed by atoms with E-state index in [0.29, 0.717) is 6.04 Å². The summed E-state index contributed by atoms with van der Waals surface area (Å²) in [5.41, 5.74) is 0. The Balaban J connectivity index is 3.92. The minimum atomic E-state index is -0.314. The molecule has 2 atom stereocenters. The van der Waals surface area contributed by atoms with E-state index in [0.717, 1.165) is 0 Å². The fourth-order valence-corrected chi connectivity index (χ4v) is 1.05. The van der Waals surface area contributed by atoms with Crippen LogP contribution >= 0.6 is 0 Å². The molecule has 0 aromatic heterocycles. The molecule has 0 saturated heterocycles. The first-order valence-electron chi connectivity index (χ1n) is 4.31. The van der Waals surface area contributed by atoms with Crippen LogP contribution < -0.4 is 5.32 Å². The molecule has 0 fully saturated rings. The van der Waals surface area contributed by atoms with Crippen molar-refractivity contribution in [3.63, 3.8) is 0 Å². The molecule has 12 heavy (non-hydrogen) atoms. The van der Waals surface area contributed by atoms with Crippen molar-refractivity contribution in [3.8, 4) is 0 Å². The highest BCUT2D eigenvalue weighted by Crippen LogP contribution is 1.96. The topological polar surface area (TPSA) is 38.3 Å². The second-order valence-corrected chi connectivity index (χ2v) is 3.32. The van der Waals surface area contributed by atoms with Crippen LogP contribution in [0.2, 0.25) is 0 Å². The molecule has 0 rings (SSSR count). The van der Waals surface area contributed by atoms with Crippen molar-refractivity contribution in [2.24, 2.45) is 0 Å². The average Bonchev–Trinajstić information content (AvgIpc) is 2.00. The maximum Gasteiger partial charge on any atom is 0.177 e. The fourth-order valence-electron chi connectivity index (χ4n) is 1.05. The van der Waals surface area contributed by atoms with Gasteiger partial charge in [-0.15, -0.1) is 0 Å². The minimum absolute atomic E-state index is 0.103. The molecule has 0 aliphatic carbocycles. The molecule has 0 radical (unpaired) electrons. The maximum absolute atomic E-state index is 11.4. The van der Waals surface area contributed by atoms with E-state index >= 15 is 0 Å². The number of carbonyl (C=O) groups is 1. The predicted molar refractivity (Wildman–Crippen MR) is 49.2 cm³/mol. The van der Waals surface area contributed by atoms with E-state index < -0.39 is 0 Å². The summed E-state index contributed by atoms with van der Waals surface area (Å²) < 4.78 is 4.93. The number of hydrogen-bond donors (Lipinski definition) is 1. The number of nitrogens with one attached hydrogen (secondary N) is 1. The molecule has 72 valence electrons. The molecule has 0 saturated carbocycles. The number of hydrogen-bond acceptors (Lipinski definition) is 3. The van der Waals surface area contributed by atoms with E-state index in [9.17, 15) is 4.79 Å². The minimum Gasteiger partial charge on any atom is -0.374 e. The third-order valence-electron chi connectivity index (χ3n) is 1.76. The molecule has 0 aliphatic rings. The SMILES string of the molecule is COC(C)C(=O)C(C)NC(C)C. The van der Waals surface area contributed by atoms with Gasteiger partial charge in [0.1, 0.15) is 6.10 Å². The second kappa shape index (κ2) is 5.27. The number of rotatable bonds is 5. The lowest BCUT2D eigenvalue weighted by atomic mass is 10.1. The third kappa shape index (κ3) is 3.83. The highest BCUT2D eigenvalue weighted by Gasteiger charge is 2.19. The van der Waals surface area contributed by atoms with Crippen molar-refractivity contribution in [1.29, 1.82) is 0 Å². The molecule has 3 heteroatoms. The number of ether oxygens (including phenoxy) is 1. The van der Waals surface area contributed by atoms with E-state index in [1.54, 1.807) is 14.0 Å². The highest BCUT2D eigenvalue weighted by atomic mass is 16.5. The van der Waals surface area contributed by atoms with Gasteiger partial charge in [-0.05, 0) is 13.8 Å². The number of carbonyl (C=O) groups excluding carboxylic acids is 1. The van der Waals surface area contributed by atoms with Crippen LogP contribution in [0, 0.1) is 0 Å². The number of methoxy groups -OCH3 is 1. The Morgan fingerprint density at radius 1 is 1.25 bits per heavy atom. The molecule has 0 aromatic carbocycles. The molecule has 0 aromatic rings. The number of Topliss-reactive ketones (excluding diaryl/α,β-unsaturated/α-hetero) is 1. The van der Waals surface area contributed by atoms with Crippen molar-refractivity contribution < 1.29 is 9.53 Å². The lowest BCUT2D eigenvalue weighted by Crippen LogP contribution is -2.43. The Bertz CT molecular complexity index is 145. The van der Waals surface area contributed by atoms with Gasteiger partial charge in [0.2, 0.25) is 0 Å². The van der Waals surface area contributed by atoms with Crippen LogP contribution in [0.15, 0.2) is 0 Å². The van der Waals surface area contributed by atoms with Crippen LogP contribution in [0.25, 0.3) is 0 Å². The normalized spacial score (nSPS) is 16.2. The molecule has 0 heterocycles. The molecule has 0 spiro atoms. The largest absolute Gasteiger partial charge is 0.374 e. The second-order valence-electron chi connectivity index (χ2n) is 3.32. The summed E-state index contributed by atoms with van der Waals surface area (Å²) in [4.78, 5) is 11.4. The molecular weight excluding hydrogens is 154 g/mol. The van der Waals surface area contributed by atoms with Gasteiger partial charge < -0.3 is 10.1 Å². The average molecular weight is 173 g/mol. The van der Waals surface area contributed by atoms with Crippen LogP contribution in [-0.4, -0.2) is 31.1 Å². The van der Waals surface area contributed by atoms with E-state index in [-0.39, 0.29) is 17.9 Å². The summed E-state index contributed by atoms with van der Waals surface area (Å²) in [6.45, 7) is 7.65. The van der Waals surface area contributed by atoms with Gasteiger partial charge in [-0.3, -0.25) is 4.79 Å². The first-order chi connectivity index (χ1) is 5.49. The van der Waals surface area contributed by atoms with Crippen molar-refractivity contribution in [3.05, 3.63) is 0 Å². The molecule has 0 bridgehead atoms. The van der Waals surface area contributed by atoms with Gasteiger partial charge in [-0.25, -0.2) is 0 Å². The molecule has 3 nitrogen and oxygen atoms in total. The summed E-state index contributed by atoms with van der Waals surface area (Å²) in [5.74, 6) is 0.103. The molecule has 0 amide bonds. The summed E-state index contributed by atoms with van der Waals surface area (Å²) in [6, 6.07) is 0.202. The van der Waals surface area contributed by atoms with E-state index in [4.69, 9.17) is 4.74 Å². The van der Waals surface area contributed by atoms with Crippen LogP contribution in [0.5, 0.6) is 0 Å². The van der Waals surface area contributed by atoms with Gasteiger partial charge in [-0.2, -0.15) is 0 Å². The van der Waals surface area contributed by atoms with E-state index in [1.807, 2.05) is 20.8 Å². The zero-order chi connectivity index (χ0) is 9.72. The van der Waals surface area contributed by atoms with Crippen LogP contribution in [0.1, 0.15) is 27.7 Å². The lowest BCUT2D eigenvalue weighted by Gasteiger charge is -2.18. The standard InChI is InChI=1S/C9H19NO2/c1-6(2)10-7(3)9(11)8(4)12-5/h6-8,10H,1-5H3. The van der Waals surface area contributed by atoms with Crippen molar-refractivity contribution in [2.45, 2.75) is 45.9 Å². The smallest absolute Gasteiger partial charge is 0.177 e. The predicted octanol–water partition coefficient (Wildman–Crippen LogP) is 0.977. The quantitative estimate of drug-likeness (QED) is 0.673. The van der Waals surface area contributed by atoms with Crippen molar-refractivity contribution in [1.82, 2.24) is 5.32 Å². The molecule has 2 unspecified atom stereocenters. The van der Waals surface area contributed by atoms with E-state index in [1.165, 1.54) is 0 Å². The Hall–Kier alpha value is -0.410. The lowest BCUT2D eigenvalue weighted by molar-refractivity contribution is -0.129. The Kier molecular flexibility index (Phi) is 5.09. The zero-order valence-corrected chi connectivity index (χ0v) is 8.55. The van der Waals surface area contributed by atoms with Gasteiger partial charge in [-0.1, -0.05) is 13.8 Å². The van der Waals surface area contributed by atoms with Gasteiger partial charge in [0, 0.05) is 13.2 Å². The summed E-state index contributed by atoms with van der Waals surface area (Å²) in [6.07, 6.45) is -0.314. The van der Waals surface area contributed by atoms with Crippen LogP contribution in [-0.2, 0) is 9.53 Å². The first-order valence-corrected chi connectivity index (χ1v) is 4.31. The monoisotopic (exact) mass is 173 g/mol. The first kappa shape index (κ1) is 11.6. The highest BCUT2D eigenvalue weighted by molar-refractivity contribution is 5.87. The fraction of sp³-hybridized carbons (Fsp3) is 0.889. The van der Waals surface area contributed by atoms with Gasteiger partial charge >= 0.3 is 0 Å². The van der Waals surface area contributed by atoms with Crippen LogP contribution in [0.3, 0.4) is 0 Å². The zero-order valence-electron chi connectivity index (χ0n) is 8.55.